The molecule has 0 aromatic heterocycles. The molecule has 1 saturated carbocycles. The maximum Gasteiger partial charge on any atom is 0.270 e. The van der Waals surface area contributed by atoms with Gasteiger partial charge in [0.15, 0.2) is 5.11 Å². The third-order valence-electron chi connectivity index (χ3n) is 5.57. The number of thiocarbonyl (C=S) groups is 1. The summed E-state index contributed by atoms with van der Waals surface area (Å²) in [7, 11) is 0. The number of non-ortho nitro benzene ring substituents is 2. The van der Waals surface area contributed by atoms with Crippen LogP contribution in [-0.2, 0) is 0 Å². The zero-order valence-corrected chi connectivity index (χ0v) is 17.2. The van der Waals surface area contributed by atoms with Crippen molar-refractivity contribution in [1.82, 2.24) is 5.01 Å². The average molecular weight is 437 g/mol. The highest BCUT2D eigenvalue weighted by Crippen LogP contribution is 2.44. The van der Waals surface area contributed by atoms with Crippen molar-refractivity contribution in [2.24, 2.45) is 16.8 Å². The van der Waals surface area contributed by atoms with Crippen LogP contribution in [0, 0.1) is 26.1 Å². The predicted molar refractivity (Wildman–Crippen MR) is 120 cm³/mol. The first-order valence-electron chi connectivity index (χ1n) is 9.72. The van der Waals surface area contributed by atoms with E-state index in [1.165, 1.54) is 24.3 Å². The van der Waals surface area contributed by atoms with Gasteiger partial charge in [-0.2, -0.15) is 5.10 Å². The number of nitro groups is 2. The molecule has 0 spiro atoms. The van der Waals surface area contributed by atoms with E-state index in [0.29, 0.717) is 5.56 Å². The van der Waals surface area contributed by atoms with E-state index in [4.69, 9.17) is 18.0 Å². The highest BCUT2D eigenvalue weighted by atomic mass is 32.1. The number of hydrogen-bond donors (Lipinski definition) is 1. The predicted octanol–water partition coefficient (Wildman–Crippen LogP) is 4.34. The van der Waals surface area contributed by atoms with Crippen molar-refractivity contribution >= 4 is 40.5 Å². The van der Waals surface area contributed by atoms with Crippen molar-refractivity contribution < 1.29 is 9.85 Å². The van der Waals surface area contributed by atoms with E-state index >= 15 is 0 Å². The van der Waals surface area contributed by atoms with Crippen molar-refractivity contribution in [1.29, 1.82) is 0 Å². The maximum absolute atomic E-state index is 11.3. The minimum absolute atomic E-state index is 0.00277. The number of allylic oxidation sites excluding steroid dienone is 1. The van der Waals surface area contributed by atoms with E-state index in [0.717, 1.165) is 36.1 Å². The summed E-state index contributed by atoms with van der Waals surface area (Å²) in [6, 6.07) is 12.5. The van der Waals surface area contributed by atoms with E-state index in [2.05, 4.69) is 5.10 Å². The second-order valence-electron chi connectivity index (χ2n) is 7.49. The molecule has 158 valence electrons. The van der Waals surface area contributed by atoms with Gasteiger partial charge >= 0.3 is 0 Å². The van der Waals surface area contributed by atoms with Crippen LogP contribution in [0.2, 0.25) is 0 Å². The largest absolute Gasteiger partial charge is 0.375 e. The molecular formula is C21H19N5O4S. The molecule has 0 saturated heterocycles. The fourth-order valence-corrected chi connectivity index (χ4v) is 4.42. The molecule has 10 heteroatoms. The monoisotopic (exact) mass is 437 g/mol. The van der Waals surface area contributed by atoms with Gasteiger partial charge in [0, 0.05) is 30.2 Å². The van der Waals surface area contributed by atoms with E-state index < -0.39 is 9.85 Å². The Hall–Kier alpha value is -3.66. The highest BCUT2D eigenvalue weighted by molar-refractivity contribution is 7.80. The van der Waals surface area contributed by atoms with Crippen LogP contribution in [0.5, 0.6) is 0 Å². The lowest BCUT2D eigenvalue weighted by molar-refractivity contribution is -0.385. The lowest BCUT2D eigenvalue weighted by Gasteiger charge is -2.29. The van der Waals surface area contributed by atoms with E-state index in [9.17, 15) is 20.2 Å². The summed E-state index contributed by atoms with van der Waals surface area (Å²) in [6.07, 6.45) is 4.40. The summed E-state index contributed by atoms with van der Waals surface area (Å²) in [6.45, 7) is 0. The third-order valence-corrected chi connectivity index (χ3v) is 5.76. The zero-order chi connectivity index (χ0) is 22.1. The summed E-state index contributed by atoms with van der Waals surface area (Å²) < 4.78 is 0. The molecule has 2 aliphatic rings. The average Bonchev–Trinajstić information content (AvgIpc) is 3.15. The topological polar surface area (TPSA) is 128 Å². The summed E-state index contributed by atoms with van der Waals surface area (Å²) >= 11 is 5.22. The van der Waals surface area contributed by atoms with Gasteiger partial charge in [0.2, 0.25) is 0 Å². The van der Waals surface area contributed by atoms with E-state index in [1.54, 1.807) is 17.1 Å². The SMILES string of the molecule is NC(=S)N1N=C2/C(=C\c3cccc([N+](=O)[O-])c3)CCCC2C1c1cccc([N+](=O)[O-])c1. The van der Waals surface area contributed by atoms with Gasteiger partial charge in [-0.25, -0.2) is 5.01 Å². The lowest BCUT2D eigenvalue weighted by Crippen LogP contribution is -2.35. The number of nitrogens with zero attached hydrogens (tertiary/aromatic N) is 4. The Morgan fingerprint density at radius 2 is 1.81 bits per heavy atom. The second kappa shape index (κ2) is 8.23. The van der Waals surface area contributed by atoms with Gasteiger partial charge < -0.3 is 5.73 Å². The summed E-state index contributed by atoms with van der Waals surface area (Å²) in [5.74, 6) is -0.0396. The molecule has 1 aliphatic heterocycles. The quantitative estimate of drug-likeness (QED) is 0.428. The molecule has 1 heterocycles. The number of hydrazone groups is 1. The minimum Gasteiger partial charge on any atom is -0.375 e. The number of fused-ring (bicyclic) bond motifs is 1. The molecule has 0 bridgehead atoms. The number of nitrogens with two attached hydrogens (primary N) is 1. The second-order valence-corrected chi connectivity index (χ2v) is 7.90. The molecule has 0 amide bonds. The minimum atomic E-state index is -0.431. The van der Waals surface area contributed by atoms with Crippen LogP contribution in [0.1, 0.15) is 36.4 Å². The molecule has 2 atom stereocenters. The van der Waals surface area contributed by atoms with Crippen LogP contribution in [0.15, 0.2) is 59.2 Å². The fourth-order valence-electron chi connectivity index (χ4n) is 4.27. The fraction of sp³-hybridized carbons (Fsp3) is 0.238. The molecule has 1 fully saturated rings. The number of hydrogen-bond acceptors (Lipinski definition) is 6. The van der Waals surface area contributed by atoms with E-state index in [1.807, 2.05) is 18.2 Å². The summed E-state index contributed by atoms with van der Waals surface area (Å²) in [5, 5.41) is 28.7. The van der Waals surface area contributed by atoms with Crippen LogP contribution in [0.4, 0.5) is 11.4 Å². The number of nitro benzene ring substituents is 2. The zero-order valence-electron chi connectivity index (χ0n) is 16.4. The van der Waals surface area contributed by atoms with Gasteiger partial charge in [-0.15, -0.1) is 0 Å². The van der Waals surface area contributed by atoms with E-state index in [-0.39, 0.29) is 28.4 Å². The van der Waals surface area contributed by atoms with Gasteiger partial charge in [-0.1, -0.05) is 24.3 Å². The Kier molecular flexibility index (Phi) is 5.47. The van der Waals surface area contributed by atoms with Crippen molar-refractivity contribution in [3.8, 4) is 0 Å². The van der Waals surface area contributed by atoms with Gasteiger partial charge in [0.05, 0.1) is 21.6 Å². The lowest BCUT2D eigenvalue weighted by atomic mass is 9.77. The molecule has 2 aromatic carbocycles. The molecule has 1 aliphatic carbocycles. The van der Waals surface area contributed by atoms with Crippen LogP contribution in [0.25, 0.3) is 6.08 Å². The molecular weight excluding hydrogens is 418 g/mol. The summed E-state index contributed by atoms with van der Waals surface area (Å²) in [5.41, 5.74) is 9.20. The Balaban J connectivity index is 1.74. The Labute approximate surface area is 183 Å². The Morgan fingerprint density at radius 1 is 1.13 bits per heavy atom. The van der Waals surface area contributed by atoms with Crippen LogP contribution < -0.4 is 5.73 Å². The molecule has 4 rings (SSSR count). The summed E-state index contributed by atoms with van der Waals surface area (Å²) in [4.78, 5) is 21.5. The van der Waals surface area contributed by atoms with Gasteiger partial charge in [0.25, 0.3) is 11.4 Å². The molecule has 0 radical (unpaired) electrons. The van der Waals surface area contributed by atoms with Crippen molar-refractivity contribution in [3.05, 3.63) is 85.5 Å². The van der Waals surface area contributed by atoms with Crippen LogP contribution in [-0.4, -0.2) is 25.7 Å². The molecule has 9 nitrogen and oxygen atoms in total. The maximum atomic E-state index is 11.3. The normalized spacial score (nSPS) is 21.5. The van der Waals surface area contributed by atoms with Gasteiger partial charge in [0.1, 0.15) is 0 Å². The van der Waals surface area contributed by atoms with Gasteiger partial charge in [-0.05, 0) is 54.3 Å². The van der Waals surface area contributed by atoms with Crippen LogP contribution in [0.3, 0.4) is 0 Å². The van der Waals surface area contributed by atoms with Crippen molar-refractivity contribution in [2.45, 2.75) is 25.3 Å². The Morgan fingerprint density at radius 3 is 2.48 bits per heavy atom. The molecule has 2 N–H and O–H groups in total. The Bertz CT molecular complexity index is 1150. The molecule has 2 unspecified atom stereocenters. The number of benzene rings is 2. The smallest absolute Gasteiger partial charge is 0.270 e. The number of rotatable bonds is 4. The highest BCUT2D eigenvalue weighted by Gasteiger charge is 2.42. The molecule has 31 heavy (non-hydrogen) atoms. The first kappa shape index (κ1) is 20.6. The first-order valence-corrected chi connectivity index (χ1v) is 10.1. The van der Waals surface area contributed by atoms with Crippen molar-refractivity contribution in [2.75, 3.05) is 0 Å². The first-order chi connectivity index (χ1) is 14.8. The van der Waals surface area contributed by atoms with Crippen LogP contribution >= 0.6 is 12.2 Å². The molecule has 2 aromatic rings. The standard InChI is InChI=1S/C21H19N5O4S/c22-21(31)24-20(15-6-2-8-17(12-15)26(29)30)18-9-3-5-14(19(18)23-24)10-13-4-1-7-16(11-13)25(27)28/h1-2,4,6-8,10-12,18,20H,3,5,9H2,(H2,22,31)/b14-10-. The van der Waals surface area contributed by atoms with Gasteiger partial charge in [-0.3, -0.25) is 20.2 Å². The third kappa shape index (κ3) is 4.02. The van der Waals surface area contributed by atoms with Crippen molar-refractivity contribution in [3.63, 3.8) is 0 Å².